The lowest BCUT2D eigenvalue weighted by atomic mass is 10.2. The van der Waals surface area contributed by atoms with Gasteiger partial charge in [0.05, 0.1) is 12.8 Å². The summed E-state index contributed by atoms with van der Waals surface area (Å²) in [6, 6.07) is 8.67. The minimum atomic E-state index is -2.99. The quantitative estimate of drug-likeness (QED) is 0.716. The van der Waals surface area contributed by atoms with Gasteiger partial charge in [-0.25, -0.2) is 9.18 Å². The molecule has 0 saturated carbocycles. The summed E-state index contributed by atoms with van der Waals surface area (Å²) in [6.45, 7) is -2.76. The van der Waals surface area contributed by atoms with Crippen LogP contribution in [-0.4, -0.2) is 33.8 Å². The van der Waals surface area contributed by atoms with Crippen LogP contribution in [0, 0.1) is 5.82 Å². The minimum absolute atomic E-state index is 0.0867. The van der Waals surface area contributed by atoms with Gasteiger partial charge in [0.1, 0.15) is 5.82 Å². The van der Waals surface area contributed by atoms with Gasteiger partial charge < -0.3 is 25.0 Å². The second kappa shape index (κ2) is 9.72. The number of anilines is 1. The SMILES string of the molecule is COc1ccc(CNC(=O)NCc2ccc(N(C)C)c(F)c2)cc1OC(F)F. The monoisotopic (exact) mass is 397 g/mol. The lowest BCUT2D eigenvalue weighted by Crippen LogP contribution is -2.34. The summed E-state index contributed by atoms with van der Waals surface area (Å²) in [6.07, 6.45) is 0. The van der Waals surface area contributed by atoms with Crippen LogP contribution in [0.4, 0.5) is 23.7 Å². The van der Waals surface area contributed by atoms with Gasteiger partial charge in [0.25, 0.3) is 0 Å². The van der Waals surface area contributed by atoms with Crippen molar-refractivity contribution in [3.8, 4) is 11.5 Å². The Hall–Kier alpha value is -3.10. The molecular weight excluding hydrogens is 375 g/mol. The van der Waals surface area contributed by atoms with E-state index in [1.54, 1.807) is 37.2 Å². The van der Waals surface area contributed by atoms with Crippen LogP contribution in [-0.2, 0) is 13.1 Å². The van der Waals surface area contributed by atoms with Crippen molar-refractivity contribution in [3.63, 3.8) is 0 Å². The molecule has 0 unspecified atom stereocenters. The number of hydrogen-bond acceptors (Lipinski definition) is 4. The molecule has 0 aliphatic heterocycles. The van der Waals surface area contributed by atoms with Crippen molar-refractivity contribution in [2.75, 3.05) is 26.1 Å². The lowest BCUT2D eigenvalue weighted by molar-refractivity contribution is -0.0512. The predicted octanol–water partition coefficient (Wildman–Crippen LogP) is 3.50. The fraction of sp³-hybridized carbons (Fsp3) is 0.316. The van der Waals surface area contributed by atoms with Crippen LogP contribution in [0.3, 0.4) is 0 Å². The summed E-state index contributed by atoms with van der Waals surface area (Å²) in [4.78, 5) is 13.6. The average molecular weight is 397 g/mol. The van der Waals surface area contributed by atoms with Gasteiger partial charge >= 0.3 is 12.6 Å². The van der Waals surface area contributed by atoms with Crippen LogP contribution >= 0.6 is 0 Å². The zero-order valence-electron chi connectivity index (χ0n) is 15.8. The van der Waals surface area contributed by atoms with Gasteiger partial charge in [-0.05, 0) is 35.4 Å². The van der Waals surface area contributed by atoms with Crippen LogP contribution in [0.1, 0.15) is 11.1 Å². The smallest absolute Gasteiger partial charge is 0.387 e. The van der Waals surface area contributed by atoms with E-state index in [9.17, 15) is 18.0 Å². The third kappa shape index (κ3) is 5.97. The zero-order chi connectivity index (χ0) is 20.7. The number of urea groups is 1. The van der Waals surface area contributed by atoms with Gasteiger partial charge in [0.15, 0.2) is 11.5 Å². The van der Waals surface area contributed by atoms with Gasteiger partial charge in [0.2, 0.25) is 0 Å². The molecule has 0 aliphatic carbocycles. The Labute approximate surface area is 161 Å². The first kappa shape index (κ1) is 21.2. The van der Waals surface area contributed by atoms with Crippen molar-refractivity contribution < 1.29 is 27.4 Å². The first-order valence-electron chi connectivity index (χ1n) is 8.39. The Morgan fingerprint density at radius 3 is 2.18 bits per heavy atom. The number of carbonyl (C=O) groups is 1. The predicted molar refractivity (Wildman–Crippen MR) is 99.4 cm³/mol. The number of ether oxygens (including phenoxy) is 2. The van der Waals surface area contributed by atoms with E-state index >= 15 is 0 Å². The van der Waals surface area contributed by atoms with Crippen molar-refractivity contribution >= 4 is 11.7 Å². The highest BCUT2D eigenvalue weighted by Gasteiger charge is 2.12. The summed E-state index contributed by atoms with van der Waals surface area (Å²) in [5, 5.41) is 5.20. The number of carbonyl (C=O) groups excluding carboxylic acids is 1. The van der Waals surface area contributed by atoms with E-state index in [2.05, 4.69) is 15.4 Å². The maximum absolute atomic E-state index is 13.9. The number of rotatable bonds is 8. The van der Waals surface area contributed by atoms with Gasteiger partial charge in [-0.15, -0.1) is 0 Å². The molecule has 2 rings (SSSR count). The van der Waals surface area contributed by atoms with E-state index in [0.717, 1.165) is 0 Å². The molecule has 0 saturated heterocycles. The first-order valence-corrected chi connectivity index (χ1v) is 8.39. The second-order valence-electron chi connectivity index (χ2n) is 6.08. The Morgan fingerprint density at radius 2 is 1.64 bits per heavy atom. The number of hydrogen-bond donors (Lipinski definition) is 2. The molecule has 2 aromatic carbocycles. The first-order chi connectivity index (χ1) is 13.3. The number of benzene rings is 2. The van der Waals surface area contributed by atoms with Crippen LogP contribution in [0.5, 0.6) is 11.5 Å². The summed E-state index contributed by atoms with van der Waals surface area (Å²) >= 11 is 0. The maximum Gasteiger partial charge on any atom is 0.387 e. The number of halogens is 3. The Morgan fingerprint density at radius 1 is 1.04 bits per heavy atom. The molecule has 0 radical (unpaired) electrons. The van der Waals surface area contributed by atoms with Crippen LogP contribution in [0.15, 0.2) is 36.4 Å². The van der Waals surface area contributed by atoms with E-state index in [0.29, 0.717) is 16.8 Å². The molecule has 2 aromatic rings. The molecule has 9 heteroatoms. The average Bonchev–Trinajstić information content (AvgIpc) is 2.64. The number of nitrogens with zero attached hydrogens (tertiary/aromatic N) is 1. The van der Waals surface area contributed by atoms with Crippen LogP contribution in [0.2, 0.25) is 0 Å². The molecule has 2 amide bonds. The van der Waals surface area contributed by atoms with E-state index < -0.39 is 12.6 Å². The lowest BCUT2D eigenvalue weighted by Gasteiger charge is -2.14. The molecular formula is C19H22F3N3O3. The van der Waals surface area contributed by atoms with Gasteiger partial charge in [-0.1, -0.05) is 12.1 Å². The highest BCUT2D eigenvalue weighted by Crippen LogP contribution is 2.29. The van der Waals surface area contributed by atoms with Crippen molar-refractivity contribution in [3.05, 3.63) is 53.3 Å². The van der Waals surface area contributed by atoms with Gasteiger partial charge in [0, 0.05) is 27.2 Å². The summed E-state index contributed by atoms with van der Waals surface area (Å²) in [5.74, 6) is -0.333. The number of alkyl halides is 2. The fourth-order valence-electron chi connectivity index (χ4n) is 2.47. The minimum Gasteiger partial charge on any atom is -0.493 e. The highest BCUT2D eigenvalue weighted by molar-refractivity contribution is 5.73. The molecule has 0 spiro atoms. The van der Waals surface area contributed by atoms with Crippen molar-refractivity contribution in [1.29, 1.82) is 0 Å². The molecule has 2 N–H and O–H groups in total. The largest absolute Gasteiger partial charge is 0.493 e. The van der Waals surface area contributed by atoms with Crippen LogP contribution < -0.4 is 25.0 Å². The Kier molecular flexibility index (Phi) is 7.36. The van der Waals surface area contributed by atoms with Crippen molar-refractivity contribution in [1.82, 2.24) is 10.6 Å². The summed E-state index contributed by atoms with van der Waals surface area (Å²) in [5.41, 5.74) is 1.61. The normalized spacial score (nSPS) is 10.5. The second-order valence-corrected chi connectivity index (χ2v) is 6.08. The third-order valence-corrected chi connectivity index (χ3v) is 3.84. The number of nitrogens with one attached hydrogen (secondary N) is 2. The number of methoxy groups -OCH3 is 1. The zero-order valence-corrected chi connectivity index (χ0v) is 15.8. The molecule has 0 bridgehead atoms. The molecule has 0 atom stereocenters. The highest BCUT2D eigenvalue weighted by atomic mass is 19.3. The summed E-state index contributed by atoms with van der Waals surface area (Å²) in [7, 11) is 4.81. The van der Waals surface area contributed by atoms with E-state index in [4.69, 9.17) is 4.74 Å². The fourth-order valence-corrected chi connectivity index (χ4v) is 2.47. The summed E-state index contributed by atoms with van der Waals surface area (Å²) < 4.78 is 48.2. The van der Waals surface area contributed by atoms with E-state index in [-0.39, 0.29) is 30.4 Å². The van der Waals surface area contributed by atoms with Gasteiger partial charge in [-0.2, -0.15) is 8.78 Å². The maximum atomic E-state index is 13.9. The van der Waals surface area contributed by atoms with Crippen LogP contribution in [0.25, 0.3) is 0 Å². The number of amides is 2. The van der Waals surface area contributed by atoms with E-state index in [1.165, 1.54) is 25.3 Å². The third-order valence-electron chi connectivity index (χ3n) is 3.84. The Balaban J connectivity index is 1.89. The standard InChI is InChI=1S/C19H22F3N3O3/c1-25(2)15-6-4-12(8-14(15)20)10-23-19(26)24-11-13-5-7-16(27-3)17(9-13)28-18(21)22/h4-9,18H,10-11H2,1-3H3,(H2,23,24,26). The topological polar surface area (TPSA) is 62.8 Å². The Bertz CT molecular complexity index is 816. The van der Waals surface area contributed by atoms with E-state index in [1.807, 2.05) is 0 Å². The molecule has 28 heavy (non-hydrogen) atoms. The van der Waals surface area contributed by atoms with Gasteiger partial charge in [-0.3, -0.25) is 0 Å². The molecule has 152 valence electrons. The van der Waals surface area contributed by atoms with Crippen molar-refractivity contribution in [2.45, 2.75) is 19.7 Å². The molecule has 0 heterocycles. The molecule has 0 aliphatic rings. The molecule has 0 aromatic heterocycles. The molecule has 6 nitrogen and oxygen atoms in total. The van der Waals surface area contributed by atoms with Crippen molar-refractivity contribution in [2.24, 2.45) is 0 Å². The molecule has 0 fully saturated rings.